The maximum atomic E-state index is 13.8. The second-order valence-corrected chi connectivity index (χ2v) is 8.91. The van der Waals surface area contributed by atoms with Crippen LogP contribution in [0.3, 0.4) is 0 Å². The SMILES string of the molecule is Cc1ccc(N2C(=O)[C@@H]3[C@@H](C2=O)[C@@H]2c4ccccc4C=CN2[C@@H]3C(=O)c2ccco2)cc1[N+](=O)[O-]. The minimum Gasteiger partial charge on any atom is -0.461 e. The van der Waals surface area contributed by atoms with E-state index in [9.17, 15) is 24.5 Å². The van der Waals surface area contributed by atoms with Crippen molar-refractivity contribution in [2.24, 2.45) is 11.8 Å². The lowest BCUT2D eigenvalue weighted by Crippen LogP contribution is -2.44. The number of amides is 2. The molecule has 0 N–H and O–H groups in total. The number of hydrogen-bond donors (Lipinski definition) is 0. The molecular formula is C26H19N3O6. The van der Waals surface area contributed by atoms with Crippen molar-refractivity contribution in [1.82, 2.24) is 4.90 Å². The average molecular weight is 469 g/mol. The van der Waals surface area contributed by atoms with Gasteiger partial charge in [0.05, 0.1) is 34.8 Å². The van der Waals surface area contributed by atoms with E-state index in [1.165, 1.54) is 30.5 Å². The molecule has 0 spiro atoms. The van der Waals surface area contributed by atoms with Gasteiger partial charge in [-0.1, -0.05) is 30.3 Å². The monoisotopic (exact) mass is 469 g/mol. The first kappa shape index (κ1) is 21.0. The zero-order chi connectivity index (χ0) is 24.4. The number of anilines is 1. The first-order chi connectivity index (χ1) is 16.9. The highest BCUT2D eigenvalue weighted by atomic mass is 16.6. The lowest BCUT2D eigenvalue weighted by molar-refractivity contribution is -0.385. The number of fused-ring (bicyclic) bond motifs is 5. The van der Waals surface area contributed by atoms with Crippen LogP contribution in [0, 0.1) is 28.9 Å². The Kier molecular flexibility index (Phi) is 4.50. The van der Waals surface area contributed by atoms with Gasteiger partial charge in [0.2, 0.25) is 17.6 Å². The largest absolute Gasteiger partial charge is 0.461 e. The van der Waals surface area contributed by atoms with Crippen molar-refractivity contribution in [3.63, 3.8) is 0 Å². The van der Waals surface area contributed by atoms with Crippen molar-refractivity contribution < 1.29 is 23.7 Å². The van der Waals surface area contributed by atoms with Gasteiger partial charge in [-0.05, 0) is 42.3 Å². The number of rotatable bonds is 4. The molecule has 2 saturated heterocycles. The van der Waals surface area contributed by atoms with Crippen LogP contribution >= 0.6 is 0 Å². The highest BCUT2D eigenvalue weighted by Gasteiger charge is 2.64. The molecule has 4 heterocycles. The van der Waals surface area contributed by atoms with Crippen LogP contribution in [0.4, 0.5) is 11.4 Å². The van der Waals surface area contributed by atoms with Gasteiger partial charge in [0.25, 0.3) is 5.69 Å². The summed E-state index contributed by atoms with van der Waals surface area (Å²) in [6, 6.07) is 13.5. The molecular weight excluding hydrogens is 450 g/mol. The average Bonchev–Trinajstić information content (AvgIpc) is 3.56. The zero-order valence-corrected chi connectivity index (χ0v) is 18.5. The van der Waals surface area contributed by atoms with Crippen LogP contribution in [0.15, 0.2) is 71.5 Å². The molecule has 0 aliphatic carbocycles. The molecule has 2 fully saturated rings. The predicted octanol–water partition coefficient (Wildman–Crippen LogP) is 3.89. The Hall–Kier alpha value is -4.53. The number of nitro benzene ring substituents is 1. The van der Waals surface area contributed by atoms with E-state index in [0.29, 0.717) is 5.56 Å². The number of ketones is 1. The number of hydrogen-bond acceptors (Lipinski definition) is 7. The molecule has 2 aromatic carbocycles. The standard InChI is InChI=1S/C26H19N3O6/c1-14-8-9-16(13-18(14)29(33)34)28-25(31)20-21(26(28)32)23(24(30)19-7-4-12-35-19)27-11-10-15-5-2-3-6-17(15)22(20)27/h2-13,20-23H,1H3/t20-,21-,22+,23+/m1/s1. The van der Waals surface area contributed by atoms with Gasteiger partial charge in [-0.25, -0.2) is 4.90 Å². The van der Waals surface area contributed by atoms with Crippen LogP contribution < -0.4 is 4.90 Å². The van der Waals surface area contributed by atoms with Crippen molar-refractivity contribution in [3.8, 4) is 0 Å². The van der Waals surface area contributed by atoms with E-state index in [1.807, 2.05) is 30.3 Å². The van der Waals surface area contributed by atoms with Gasteiger partial charge in [0.15, 0.2) is 5.76 Å². The van der Waals surface area contributed by atoms with Gasteiger partial charge in [0, 0.05) is 17.8 Å². The number of carbonyl (C=O) groups is 3. The zero-order valence-electron chi connectivity index (χ0n) is 18.5. The van der Waals surface area contributed by atoms with E-state index in [2.05, 4.69) is 0 Å². The third-order valence-electron chi connectivity index (χ3n) is 7.14. The molecule has 4 atom stereocenters. The number of aryl methyl sites for hydroxylation is 1. The van der Waals surface area contributed by atoms with Crippen LogP contribution in [-0.4, -0.2) is 33.5 Å². The van der Waals surface area contributed by atoms with E-state index >= 15 is 0 Å². The normalized spacial score (nSPS) is 24.4. The van der Waals surface area contributed by atoms with E-state index in [1.54, 1.807) is 24.1 Å². The van der Waals surface area contributed by atoms with Crippen molar-refractivity contribution in [1.29, 1.82) is 0 Å². The number of nitrogens with zero attached hydrogens (tertiary/aromatic N) is 3. The van der Waals surface area contributed by atoms with Gasteiger partial charge in [-0.2, -0.15) is 0 Å². The van der Waals surface area contributed by atoms with E-state index in [4.69, 9.17) is 4.42 Å². The smallest absolute Gasteiger partial charge is 0.274 e. The van der Waals surface area contributed by atoms with Gasteiger partial charge in [-0.15, -0.1) is 0 Å². The predicted molar refractivity (Wildman–Crippen MR) is 124 cm³/mol. The minimum absolute atomic E-state index is 0.103. The summed E-state index contributed by atoms with van der Waals surface area (Å²) in [7, 11) is 0. The fourth-order valence-electron chi connectivity index (χ4n) is 5.61. The Morgan fingerprint density at radius 3 is 2.54 bits per heavy atom. The Bertz CT molecular complexity index is 1440. The third kappa shape index (κ3) is 2.91. The molecule has 9 nitrogen and oxygen atoms in total. The van der Waals surface area contributed by atoms with Crippen LogP contribution in [0.25, 0.3) is 6.08 Å². The lowest BCUT2D eigenvalue weighted by atomic mass is 9.84. The molecule has 3 aromatic rings. The number of imide groups is 1. The van der Waals surface area contributed by atoms with Crippen LogP contribution in [0.2, 0.25) is 0 Å². The Morgan fingerprint density at radius 1 is 1.03 bits per heavy atom. The summed E-state index contributed by atoms with van der Waals surface area (Å²) in [5.41, 5.74) is 2.11. The van der Waals surface area contributed by atoms with Crippen molar-refractivity contribution in [2.75, 3.05) is 4.90 Å². The summed E-state index contributed by atoms with van der Waals surface area (Å²) < 4.78 is 5.35. The first-order valence-electron chi connectivity index (χ1n) is 11.1. The Labute approximate surface area is 199 Å². The fourth-order valence-corrected chi connectivity index (χ4v) is 5.61. The molecule has 0 saturated carbocycles. The molecule has 0 radical (unpaired) electrons. The summed E-state index contributed by atoms with van der Waals surface area (Å²) in [5, 5.41) is 11.5. The third-order valence-corrected chi connectivity index (χ3v) is 7.14. The molecule has 2 amide bonds. The number of Topliss-reactive ketones (excluding diaryl/α,β-unsaturated/α-hetero) is 1. The van der Waals surface area contributed by atoms with Gasteiger partial charge in [-0.3, -0.25) is 24.5 Å². The summed E-state index contributed by atoms with van der Waals surface area (Å²) >= 11 is 0. The van der Waals surface area contributed by atoms with Crippen molar-refractivity contribution >= 4 is 35.0 Å². The van der Waals surface area contributed by atoms with Crippen molar-refractivity contribution in [2.45, 2.75) is 19.0 Å². The lowest BCUT2D eigenvalue weighted by Gasteiger charge is -2.35. The molecule has 35 heavy (non-hydrogen) atoms. The summed E-state index contributed by atoms with van der Waals surface area (Å²) in [6.45, 7) is 1.59. The maximum absolute atomic E-state index is 13.8. The fraction of sp³-hybridized carbons (Fsp3) is 0.192. The number of nitro groups is 1. The molecule has 3 aliphatic heterocycles. The molecule has 3 aliphatic rings. The summed E-state index contributed by atoms with van der Waals surface area (Å²) in [4.78, 5) is 54.9. The molecule has 0 unspecified atom stereocenters. The van der Waals surface area contributed by atoms with E-state index < -0.39 is 46.4 Å². The van der Waals surface area contributed by atoms with Crippen LogP contribution in [-0.2, 0) is 9.59 Å². The van der Waals surface area contributed by atoms with E-state index in [-0.39, 0.29) is 17.1 Å². The first-order valence-corrected chi connectivity index (χ1v) is 11.1. The van der Waals surface area contributed by atoms with Crippen LogP contribution in [0.5, 0.6) is 0 Å². The van der Waals surface area contributed by atoms with Crippen molar-refractivity contribution in [3.05, 3.63) is 99.6 Å². The second-order valence-electron chi connectivity index (χ2n) is 8.91. The quantitative estimate of drug-likeness (QED) is 0.246. The Morgan fingerprint density at radius 2 is 1.80 bits per heavy atom. The minimum atomic E-state index is -0.971. The second kappa shape index (κ2) is 7.49. The highest BCUT2D eigenvalue weighted by molar-refractivity contribution is 6.24. The molecule has 174 valence electrons. The van der Waals surface area contributed by atoms with Gasteiger partial charge in [0.1, 0.15) is 6.04 Å². The molecule has 9 heteroatoms. The summed E-state index contributed by atoms with van der Waals surface area (Å²) in [5.74, 6) is -3.13. The van der Waals surface area contributed by atoms with Crippen LogP contribution in [0.1, 0.15) is 33.3 Å². The van der Waals surface area contributed by atoms with Gasteiger partial charge < -0.3 is 9.32 Å². The van der Waals surface area contributed by atoms with E-state index in [0.717, 1.165) is 16.0 Å². The maximum Gasteiger partial charge on any atom is 0.274 e. The molecule has 0 bridgehead atoms. The topological polar surface area (TPSA) is 114 Å². The van der Waals surface area contributed by atoms with Gasteiger partial charge >= 0.3 is 0 Å². The summed E-state index contributed by atoms with van der Waals surface area (Å²) in [6.07, 6.45) is 5.02. The number of carbonyl (C=O) groups excluding carboxylic acids is 3. The highest BCUT2D eigenvalue weighted by Crippen LogP contribution is 2.53. The number of benzene rings is 2. The Balaban J connectivity index is 1.50. The number of furan rings is 1. The molecule has 1 aromatic heterocycles. The molecule has 6 rings (SSSR count).